The summed E-state index contributed by atoms with van der Waals surface area (Å²) in [6, 6.07) is 11.2. The summed E-state index contributed by atoms with van der Waals surface area (Å²) in [6.07, 6.45) is 0.159. The molecule has 3 rings (SSSR count). The summed E-state index contributed by atoms with van der Waals surface area (Å²) >= 11 is 2.80. The highest BCUT2D eigenvalue weighted by atomic mass is 32.2. The second kappa shape index (κ2) is 10.3. The zero-order valence-corrected chi connectivity index (χ0v) is 18.3. The Hall–Kier alpha value is -2.85. The predicted octanol–water partition coefficient (Wildman–Crippen LogP) is 3.40. The number of para-hydroxylation sites is 2. The summed E-state index contributed by atoms with van der Waals surface area (Å²) < 4.78 is 7.40. The third kappa shape index (κ3) is 5.39. The van der Waals surface area contributed by atoms with Crippen LogP contribution in [-0.4, -0.2) is 38.4 Å². The van der Waals surface area contributed by atoms with Gasteiger partial charge in [-0.15, -0.1) is 21.5 Å². The van der Waals surface area contributed by atoms with Crippen LogP contribution in [0.4, 0.5) is 5.69 Å². The molecule has 1 unspecified atom stereocenters. The SMILES string of the molecule is CCOc1ccccc1NC(=O)C(C)Sc1nnc(-c2cccs2)n1CCC(N)=O. The number of primary amides is 1. The Labute approximate surface area is 182 Å². The van der Waals surface area contributed by atoms with Crippen molar-refractivity contribution in [3.8, 4) is 16.5 Å². The monoisotopic (exact) mass is 445 g/mol. The van der Waals surface area contributed by atoms with Crippen molar-refractivity contribution in [2.24, 2.45) is 5.73 Å². The van der Waals surface area contributed by atoms with Crippen LogP contribution in [0.25, 0.3) is 10.7 Å². The minimum Gasteiger partial charge on any atom is -0.492 e. The number of carbonyl (C=O) groups is 2. The van der Waals surface area contributed by atoms with Gasteiger partial charge >= 0.3 is 0 Å². The number of nitrogens with two attached hydrogens (primary N) is 1. The lowest BCUT2D eigenvalue weighted by Crippen LogP contribution is -2.23. The largest absolute Gasteiger partial charge is 0.492 e. The number of anilines is 1. The lowest BCUT2D eigenvalue weighted by Gasteiger charge is -2.15. The first-order valence-electron chi connectivity index (χ1n) is 9.44. The zero-order valence-electron chi connectivity index (χ0n) is 16.7. The molecule has 30 heavy (non-hydrogen) atoms. The molecule has 3 aromatic rings. The Morgan fingerprint density at radius 2 is 2.07 bits per heavy atom. The Balaban J connectivity index is 1.76. The number of ether oxygens (including phenoxy) is 1. The van der Waals surface area contributed by atoms with Crippen molar-refractivity contribution in [2.45, 2.75) is 37.2 Å². The number of aromatic nitrogens is 3. The molecule has 8 nitrogen and oxygen atoms in total. The van der Waals surface area contributed by atoms with Crippen LogP contribution >= 0.6 is 23.1 Å². The van der Waals surface area contributed by atoms with E-state index >= 15 is 0 Å². The molecule has 2 heterocycles. The molecule has 0 fully saturated rings. The molecule has 158 valence electrons. The highest BCUT2D eigenvalue weighted by Gasteiger charge is 2.22. The zero-order chi connectivity index (χ0) is 21.5. The van der Waals surface area contributed by atoms with Gasteiger partial charge in [0.15, 0.2) is 11.0 Å². The predicted molar refractivity (Wildman–Crippen MR) is 119 cm³/mol. The van der Waals surface area contributed by atoms with Crippen LogP contribution < -0.4 is 15.8 Å². The van der Waals surface area contributed by atoms with Crippen molar-refractivity contribution in [1.82, 2.24) is 14.8 Å². The lowest BCUT2D eigenvalue weighted by molar-refractivity contribution is -0.118. The van der Waals surface area contributed by atoms with E-state index in [1.165, 1.54) is 23.1 Å². The molecule has 0 aliphatic carbocycles. The van der Waals surface area contributed by atoms with Crippen LogP contribution in [0.1, 0.15) is 20.3 Å². The summed E-state index contributed by atoms with van der Waals surface area (Å²) in [5.41, 5.74) is 5.95. The third-order valence-electron chi connectivity index (χ3n) is 4.14. The number of rotatable bonds is 10. The van der Waals surface area contributed by atoms with Gasteiger partial charge in [0.05, 0.1) is 22.4 Å². The van der Waals surface area contributed by atoms with Gasteiger partial charge in [-0.2, -0.15) is 0 Å². The topological polar surface area (TPSA) is 112 Å². The molecule has 0 spiro atoms. The van der Waals surface area contributed by atoms with Gasteiger partial charge < -0.3 is 20.4 Å². The number of hydrogen-bond acceptors (Lipinski definition) is 7. The van der Waals surface area contributed by atoms with Crippen LogP contribution in [0, 0.1) is 0 Å². The van der Waals surface area contributed by atoms with Crippen molar-refractivity contribution in [3.63, 3.8) is 0 Å². The molecule has 0 saturated heterocycles. The van der Waals surface area contributed by atoms with Gasteiger partial charge in [0.1, 0.15) is 5.75 Å². The Bertz CT molecular complexity index is 1000. The second-order valence-electron chi connectivity index (χ2n) is 6.33. The van der Waals surface area contributed by atoms with E-state index in [2.05, 4.69) is 15.5 Å². The van der Waals surface area contributed by atoms with E-state index in [1.54, 1.807) is 13.0 Å². The standard InChI is InChI=1S/C20H23N5O3S2/c1-3-28-15-8-5-4-7-14(15)22-19(27)13(2)30-20-24-23-18(16-9-6-12-29-16)25(20)11-10-17(21)26/h4-9,12-13H,3,10-11H2,1-2H3,(H2,21,26)(H,22,27). The maximum absolute atomic E-state index is 12.8. The molecule has 0 aliphatic heterocycles. The van der Waals surface area contributed by atoms with Crippen LogP contribution in [-0.2, 0) is 16.1 Å². The normalized spacial score (nSPS) is 11.8. The van der Waals surface area contributed by atoms with E-state index < -0.39 is 11.2 Å². The number of benzene rings is 1. The maximum Gasteiger partial charge on any atom is 0.237 e. The number of thioether (sulfide) groups is 1. The number of amides is 2. The van der Waals surface area contributed by atoms with E-state index in [4.69, 9.17) is 10.5 Å². The van der Waals surface area contributed by atoms with Crippen molar-refractivity contribution < 1.29 is 14.3 Å². The Kier molecular flexibility index (Phi) is 7.47. The average molecular weight is 446 g/mol. The van der Waals surface area contributed by atoms with Gasteiger partial charge in [-0.25, -0.2) is 0 Å². The van der Waals surface area contributed by atoms with Gasteiger partial charge in [-0.1, -0.05) is 30.0 Å². The third-order valence-corrected chi connectivity index (χ3v) is 6.08. The molecule has 1 aromatic carbocycles. The molecule has 2 amide bonds. The first-order chi connectivity index (χ1) is 14.5. The summed E-state index contributed by atoms with van der Waals surface area (Å²) in [7, 11) is 0. The smallest absolute Gasteiger partial charge is 0.237 e. The summed E-state index contributed by atoms with van der Waals surface area (Å²) in [4.78, 5) is 25.0. The van der Waals surface area contributed by atoms with Crippen LogP contribution in [0.5, 0.6) is 5.75 Å². The van der Waals surface area contributed by atoms with E-state index in [0.717, 1.165) is 4.88 Å². The van der Waals surface area contributed by atoms with Gasteiger partial charge in [0.25, 0.3) is 0 Å². The second-order valence-corrected chi connectivity index (χ2v) is 8.59. The fourth-order valence-corrected chi connectivity index (χ4v) is 4.28. The first kappa shape index (κ1) is 21.8. The molecule has 0 bridgehead atoms. The molecule has 10 heteroatoms. The Morgan fingerprint density at radius 1 is 1.27 bits per heavy atom. The molecule has 1 atom stereocenters. The number of nitrogens with zero attached hydrogens (tertiary/aromatic N) is 3. The highest BCUT2D eigenvalue weighted by molar-refractivity contribution is 8.00. The van der Waals surface area contributed by atoms with E-state index in [0.29, 0.717) is 35.6 Å². The van der Waals surface area contributed by atoms with Crippen LogP contribution in [0.2, 0.25) is 0 Å². The maximum atomic E-state index is 12.8. The quantitative estimate of drug-likeness (QED) is 0.463. The average Bonchev–Trinajstić information content (AvgIpc) is 3.37. The molecule has 0 saturated carbocycles. The molecule has 0 aliphatic rings. The molecular weight excluding hydrogens is 422 g/mol. The van der Waals surface area contributed by atoms with E-state index in [9.17, 15) is 9.59 Å². The van der Waals surface area contributed by atoms with Crippen molar-refractivity contribution >= 4 is 40.6 Å². The minimum atomic E-state index is -0.451. The minimum absolute atomic E-state index is 0.159. The van der Waals surface area contributed by atoms with Crippen LogP contribution in [0.3, 0.4) is 0 Å². The van der Waals surface area contributed by atoms with Crippen molar-refractivity contribution in [1.29, 1.82) is 0 Å². The number of carbonyl (C=O) groups excluding carboxylic acids is 2. The summed E-state index contributed by atoms with van der Waals surface area (Å²) in [5.74, 6) is 0.683. The number of thiophene rings is 1. The van der Waals surface area contributed by atoms with Crippen LogP contribution in [0.15, 0.2) is 46.9 Å². The van der Waals surface area contributed by atoms with Crippen molar-refractivity contribution in [2.75, 3.05) is 11.9 Å². The highest BCUT2D eigenvalue weighted by Crippen LogP contribution is 2.30. The van der Waals surface area contributed by atoms with Gasteiger partial charge in [-0.05, 0) is 37.4 Å². The molecular formula is C20H23N5O3S2. The number of hydrogen-bond donors (Lipinski definition) is 2. The summed E-state index contributed by atoms with van der Waals surface area (Å²) in [5, 5.41) is 13.5. The van der Waals surface area contributed by atoms with Gasteiger partial charge in [-0.3, -0.25) is 9.59 Å². The van der Waals surface area contributed by atoms with Crippen molar-refractivity contribution in [3.05, 3.63) is 41.8 Å². The molecule has 3 N–H and O–H groups in total. The van der Waals surface area contributed by atoms with Gasteiger partial charge in [0.2, 0.25) is 11.8 Å². The fourth-order valence-electron chi connectivity index (χ4n) is 2.68. The first-order valence-corrected chi connectivity index (χ1v) is 11.2. The fraction of sp³-hybridized carbons (Fsp3) is 0.300. The molecule has 0 radical (unpaired) electrons. The van der Waals surface area contributed by atoms with Gasteiger partial charge in [0, 0.05) is 13.0 Å². The summed E-state index contributed by atoms with van der Waals surface area (Å²) in [6.45, 7) is 4.54. The lowest BCUT2D eigenvalue weighted by atomic mass is 10.3. The molecule has 2 aromatic heterocycles. The Morgan fingerprint density at radius 3 is 2.77 bits per heavy atom. The van der Waals surface area contributed by atoms with E-state index in [-0.39, 0.29) is 12.3 Å². The number of nitrogens with one attached hydrogen (secondary N) is 1. The van der Waals surface area contributed by atoms with E-state index in [1.807, 2.05) is 47.2 Å².